The standard InChI is InChI=1S/C25H23F2NO4/c1-25(2,3)32-24(30)21(15-16-6-8-17(26)9-7-16)22(29)20-5-4-14-28-23(20)31-19-12-10-18(27)11-13-19/h4-14,21H,15H2,1-3H3. The summed E-state index contributed by atoms with van der Waals surface area (Å²) < 4.78 is 37.7. The van der Waals surface area contributed by atoms with Crippen molar-refractivity contribution >= 4 is 11.8 Å². The number of pyridine rings is 1. The largest absolute Gasteiger partial charge is 0.459 e. The van der Waals surface area contributed by atoms with Crippen molar-refractivity contribution in [1.82, 2.24) is 4.98 Å². The molecule has 0 aliphatic carbocycles. The molecule has 1 aromatic heterocycles. The van der Waals surface area contributed by atoms with Crippen molar-refractivity contribution in [3.63, 3.8) is 0 Å². The molecule has 0 saturated carbocycles. The van der Waals surface area contributed by atoms with Gasteiger partial charge in [-0.3, -0.25) is 9.59 Å². The molecule has 0 radical (unpaired) electrons. The van der Waals surface area contributed by atoms with Gasteiger partial charge in [0.1, 0.15) is 28.9 Å². The second-order valence-electron chi connectivity index (χ2n) is 8.19. The third kappa shape index (κ3) is 6.20. The number of ether oxygens (including phenoxy) is 2. The second kappa shape index (κ2) is 9.68. The van der Waals surface area contributed by atoms with Gasteiger partial charge in [0.15, 0.2) is 5.78 Å². The van der Waals surface area contributed by atoms with Gasteiger partial charge in [-0.1, -0.05) is 12.1 Å². The van der Waals surface area contributed by atoms with E-state index in [1.54, 1.807) is 26.8 Å². The van der Waals surface area contributed by atoms with Crippen molar-refractivity contribution in [1.29, 1.82) is 0 Å². The molecule has 0 aliphatic rings. The van der Waals surface area contributed by atoms with Crippen molar-refractivity contribution < 1.29 is 27.8 Å². The van der Waals surface area contributed by atoms with Crippen LogP contribution in [0.15, 0.2) is 66.9 Å². The van der Waals surface area contributed by atoms with Gasteiger partial charge >= 0.3 is 5.97 Å². The summed E-state index contributed by atoms with van der Waals surface area (Å²) in [6.07, 6.45) is 1.46. The fourth-order valence-corrected chi connectivity index (χ4v) is 2.97. The first kappa shape index (κ1) is 23.1. The van der Waals surface area contributed by atoms with Crippen LogP contribution in [0.25, 0.3) is 0 Å². The highest BCUT2D eigenvalue weighted by atomic mass is 19.1. The Bertz CT molecular complexity index is 1090. The van der Waals surface area contributed by atoms with Crippen LogP contribution in [-0.2, 0) is 16.0 Å². The average molecular weight is 439 g/mol. The zero-order chi connectivity index (χ0) is 23.3. The molecule has 3 aromatic rings. The number of rotatable bonds is 7. The summed E-state index contributed by atoms with van der Waals surface area (Å²) in [5.41, 5.74) is -0.129. The number of carbonyl (C=O) groups excluding carboxylic acids is 2. The molecular weight excluding hydrogens is 416 g/mol. The van der Waals surface area contributed by atoms with Gasteiger partial charge in [0.25, 0.3) is 0 Å². The minimum Gasteiger partial charge on any atom is -0.459 e. The molecule has 1 unspecified atom stereocenters. The normalized spacial score (nSPS) is 12.2. The van der Waals surface area contributed by atoms with E-state index in [1.165, 1.54) is 60.8 Å². The Balaban J connectivity index is 1.93. The molecular formula is C25H23F2NO4. The van der Waals surface area contributed by atoms with Gasteiger partial charge in [0, 0.05) is 6.20 Å². The van der Waals surface area contributed by atoms with E-state index in [1.807, 2.05) is 0 Å². The van der Waals surface area contributed by atoms with Gasteiger partial charge in [0.05, 0.1) is 5.56 Å². The molecule has 0 spiro atoms. The minimum atomic E-state index is -1.19. The highest BCUT2D eigenvalue weighted by Crippen LogP contribution is 2.27. The topological polar surface area (TPSA) is 65.5 Å². The fraction of sp³-hybridized carbons (Fsp3) is 0.240. The zero-order valence-corrected chi connectivity index (χ0v) is 18.0. The van der Waals surface area contributed by atoms with Gasteiger partial charge in [-0.05, 0) is 81.3 Å². The molecule has 0 bridgehead atoms. The van der Waals surface area contributed by atoms with Gasteiger partial charge in [0.2, 0.25) is 5.88 Å². The number of benzene rings is 2. The van der Waals surface area contributed by atoms with Crippen LogP contribution in [0.3, 0.4) is 0 Å². The van der Waals surface area contributed by atoms with Crippen LogP contribution < -0.4 is 4.74 Å². The maximum absolute atomic E-state index is 13.5. The number of Topliss-reactive ketones (excluding diaryl/α,β-unsaturated/α-hetero) is 1. The van der Waals surface area contributed by atoms with Gasteiger partial charge in [-0.25, -0.2) is 13.8 Å². The van der Waals surface area contributed by atoms with Crippen LogP contribution in [0, 0.1) is 17.6 Å². The molecule has 5 nitrogen and oxygen atoms in total. The first-order valence-corrected chi connectivity index (χ1v) is 10.0. The summed E-state index contributed by atoms with van der Waals surface area (Å²) in [6.45, 7) is 5.12. The third-order valence-electron chi connectivity index (χ3n) is 4.43. The summed E-state index contributed by atoms with van der Waals surface area (Å²) in [6, 6.07) is 13.8. The van der Waals surface area contributed by atoms with Crippen LogP contribution in [0.2, 0.25) is 0 Å². The van der Waals surface area contributed by atoms with E-state index >= 15 is 0 Å². The van der Waals surface area contributed by atoms with Gasteiger partial charge in [-0.2, -0.15) is 0 Å². The number of carbonyl (C=O) groups is 2. The van der Waals surface area contributed by atoms with Crippen molar-refractivity contribution in [3.8, 4) is 11.6 Å². The van der Waals surface area contributed by atoms with Crippen LogP contribution in [-0.4, -0.2) is 22.3 Å². The predicted octanol–water partition coefficient (Wildman–Crippen LogP) is 5.54. The summed E-state index contributed by atoms with van der Waals surface area (Å²) in [5.74, 6) is -3.03. The SMILES string of the molecule is CC(C)(C)OC(=O)C(Cc1ccc(F)cc1)C(=O)c1cccnc1Oc1ccc(F)cc1. The van der Waals surface area contributed by atoms with Gasteiger partial charge in [-0.15, -0.1) is 0 Å². The number of ketones is 1. The fourth-order valence-electron chi connectivity index (χ4n) is 2.97. The van der Waals surface area contributed by atoms with E-state index in [9.17, 15) is 18.4 Å². The number of hydrogen-bond donors (Lipinski definition) is 0. The molecule has 32 heavy (non-hydrogen) atoms. The molecule has 0 saturated heterocycles. The highest BCUT2D eigenvalue weighted by molar-refractivity contribution is 6.10. The molecule has 3 rings (SSSR count). The lowest BCUT2D eigenvalue weighted by molar-refractivity contribution is -0.158. The summed E-state index contributed by atoms with van der Waals surface area (Å²) in [7, 11) is 0. The molecule has 7 heteroatoms. The van der Waals surface area contributed by atoms with E-state index < -0.39 is 34.9 Å². The second-order valence-corrected chi connectivity index (χ2v) is 8.19. The lowest BCUT2D eigenvalue weighted by Crippen LogP contribution is -2.34. The van der Waals surface area contributed by atoms with Crippen molar-refractivity contribution in [3.05, 3.63) is 89.6 Å². The molecule has 1 heterocycles. The van der Waals surface area contributed by atoms with Crippen LogP contribution >= 0.6 is 0 Å². The minimum absolute atomic E-state index is 0.0128. The molecule has 0 fully saturated rings. The lowest BCUT2D eigenvalue weighted by atomic mass is 9.91. The predicted molar refractivity (Wildman–Crippen MR) is 114 cm³/mol. The molecule has 0 amide bonds. The van der Waals surface area contributed by atoms with Gasteiger partial charge < -0.3 is 9.47 Å². The average Bonchev–Trinajstić information content (AvgIpc) is 2.73. The number of nitrogens with zero attached hydrogens (tertiary/aromatic N) is 1. The van der Waals surface area contributed by atoms with Crippen molar-refractivity contribution in [2.75, 3.05) is 0 Å². The van der Waals surface area contributed by atoms with Crippen LogP contribution in [0.1, 0.15) is 36.7 Å². The Labute approximate surface area is 185 Å². The van der Waals surface area contributed by atoms with Crippen LogP contribution in [0.4, 0.5) is 8.78 Å². The maximum atomic E-state index is 13.5. The zero-order valence-electron chi connectivity index (χ0n) is 18.0. The smallest absolute Gasteiger partial charge is 0.317 e. The Kier molecular flexibility index (Phi) is 6.98. The molecule has 1 atom stereocenters. The Morgan fingerprint density at radius 1 is 0.938 bits per heavy atom. The summed E-state index contributed by atoms with van der Waals surface area (Å²) >= 11 is 0. The first-order chi connectivity index (χ1) is 15.1. The van der Waals surface area contributed by atoms with E-state index in [4.69, 9.17) is 9.47 Å². The molecule has 2 aromatic carbocycles. The molecule has 166 valence electrons. The van der Waals surface area contributed by atoms with Crippen molar-refractivity contribution in [2.24, 2.45) is 5.92 Å². The van der Waals surface area contributed by atoms with Crippen LogP contribution in [0.5, 0.6) is 11.6 Å². The first-order valence-electron chi connectivity index (χ1n) is 10.0. The number of halogens is 2. The molecule has 0 aliphatic heterocycles. The van der Waals surface area contributed by atoms with E-state index in [-0.39, 0.29) is 23.6 Å². The van der Waals surface area contributed by atoms with E-state index in [0.717, 1.165) is 0 Å². The van der Waals surface area contributed by atoms with Crippen molar-refractivity contribution in [2.45, 2.75) is 32.8 Å². The summed E-state index contributed by atoms with van der Waals surface area (Å²) in [5, 5.41) is 0. The Morgan fingerprint density at radius 2 is 1.53 bits per heavy atom. The van der Waals surface area contributed by atoms with E-state index in [2.05, 4.69) is 4.98 Å². The number of aromatic nitrogens is 1. The number of esters is 1. The maximum Gasteiger partial charge on any atom is 0.317 e. The van der Waals surface area contributed by atoms with E-state index in [0.29, 0.717) is 5.56 Å². The number of hydrogen-bond acceptors (Lipinski definition) is 5. The lowest BCUT2D eigenvalue weighted by Gasteiger charge is -2.24. The monoisotopic (exact) mass is 439 g/mol. The summed E-state index contributed by atoms with van der Waals surface area (Å²) in [4.78, 5) is 30.5. The Morgan fingerprint density at radius 3 is 2.12 bits per heavy atom. The Hall–Kier alpha value is -3.61. The third-order valence-corrected chi connectivity index (χ3v) is 4.43. The quantitative estimate of drug-likeness (QED) is 0.275. The molecule has 0 N–H and O–H groups in total. The highest BCUT2D eigenvalue weighted by Gasteiger charge is 2.34.